The van der Waals surface area contributed by atoms with Gasteiger partial charge in [-0.2, -0.15) is 11.8 Å². The zero-order chi connectivity index (χ0) is 21.2. The Bertz CT molecular complexity index is 790. The lowest BCUT2D eigenvalue weighted by atomic mass is 10.0. The molecular formula is C21H35IN8S. The minimum absolute atomic E-state index is 0. The molecule has 3 rings (SSSR count). The monoisotopic (exact) mass is 558 g/mol. The minimum atomic E-state index is 0. The van der Waals surface area contributed by atoms with Crippen molar-refractivity contribution in [2.45, 2.75) is 45.3 Å². The van der Waals surface area contributed by atoms with Gasteiger partial charge in [-0.1, -0.05) is 6.07 Å². The van der Waals surface area contributed by atoms with Crippen LogP contribution in [0.5, 0.6) is 0 Å². The lowest BCUT2D eigenvalue weighted by Crippen LogP contribution is -2.48. The number of guanidine groups is 1. The summed E-state index contributed by atoms with van der Waals surface area (Å²) in [4.78, 5) is 11.7. The summed E-state index contributed by atoms with van der Waals surface area (Å²) in [7, 11) is 1.98. The summed E-state index contributed by atoms with van der Waals surface area (Å²) < 4.78 is 1.99. The summed E-state index contributed by atoms with van der Waals surface area (Å²) in [5.74, 6) is 3.81. The Balaban J connectivity index is 0.00000341. The first-order valence-corrected chi connectivity index (χ1v) is 12.1. The Labute approximate surface area is 207 Å². The molecule has 31 heavy (non-hydrogen) atoms. The van der Waals surface area contributed by atoms with Crippen LogP contribution in [0.3, 0.4) is 0 Å². The largest absolute Gasteiger partial charge is 0.356 e. The number of hydrogen-bond acceptors (Lipinski definition) is 6. The van der Waals surface area contributed by atoms with E-state index in [2.05, 4.69) is 49.1 Å². The molecule has 2 aromatic heterocycles. The summed E-state index contributed by atoms with van der Waals surface area (Å²) in [6, 6.07) is 6.55. The fourth-order valence-electron chi connectivity index (χ4n) is 3.46. The molecular weight excluding hydrogens is 523 g/mol. The third kappa shape index (κ3) is 8.57. The number of aliphatic imine (C=N–C) groups is 1. The molecule has 0 aliphatic carbocycles. The highest BCUT2D eigenvalue weighted by molar-refractivity contribution is 14.0. The summed E-state index contributed by atoms with van der Waals surface area (Å²) in [5.41, 5.74) is 1.14. The predicted molar refractivity (Wildman–Crippen MR) is 139 cm³/mol. The van der Waals surface area contributed by atoms with Crippen molar-refractivity contribution < 1.29 is 0 Å². The van der Waals surface area contributed by atoms with Crippen molar-refractivity contribution in [2.75, 3.05) is 31.6 Å². The van der Waals surface area contributed by atoms with Gasteiger partial charge in [-0.15, -0.1) is 34.2 Å². The molecule has 0 bridgehead atoms. The van der Waals surface area contributed by atoms with Gasteiger partial charge in [0.05, 0.1) is 5.69 Å². The maximum absolute atomic E-state index is 4.79. The van der Waals surface area contributed by atoms with Crippen LogP contribution in [0, 0.1) is 6.92 Å². The van der Waals surface area contributed by atoms with Crippen molar-refractivity contribution >= 4 is 41.7 Å². The molecule has 0 spiro atoms. The number of halogens is 1. The quantitative estimate of drug-likeness (QED) is 0.212. The molecule has 0 amide bonds. The molecule has 1 aliphatic rings. The molecule has 1 fully saturated rings. The number of nitrogens with one attached hydrogen (secondary N) is 2. The van der Waals surface area contributed by atoms with Gasteiger partial charge in [0.15, 0.2) is 11.8 Å². The van der Waals surface area contributed by atoms with Gasteiger partial charge in [0, 0.05) is 45.5 Å². The zero-order valence-corrected chi connectivity index (χ0v) is 21.9. The SMILES string of the molecule is CSCCCNC(=NCc1nnc(C)n1C)NC1CCN(Cc2ccccn2)CC1.I. The zero-order valence-electron chi connectivity index (χ0n) is 18.8. The summed E-state index contributed by atoms with van der Waals surface area (Å²) in [6.07, 6.45) is 7.33. The molecule has 2 N–H and O–H groups in total. The van der Waals surface area contributed by atoms with Gasteiger partial charge < -0.3 is 15.2 Å². The number of thioether (sulfide) groups is 1. The molecule has 0 unspecified atom stereocenters. The highest BCUT2D eigenvalue weighted by Gasteiger charge is 2.20. The van der Waals surface area contributed by atoms with E-state index in [9.17, 15) is 0 Å². The normalized spacial score (nSPS) is 15.5. The van der Waals surface area contributed by atoms with Crippen molar-refractivity contribution in [3.05, 3.63) is 41.7 Å². The number of aryl methyl sites for hydroxylation is 1. The molecule has 3 heterocycles. The van der Waals surface area contributed by atoms with E-state index in [-0.39, 0.29) is 24.0 Å². The minimum Gasteiger partial charge on any atom is -0.356 e. The molecule has 8 nitrogen and oxygen atoms in total. The third-order valence-electron chi connectivity index (χ3n) is 5.42. The number of hydrogen-bond donors (Lipinski definition) is 2. The van der Waals surface area contributed by atoms with Gasteiger partial charge in [-0.05, 0) is 50.3 Å². The summed E-state index contributed by atoms with van der Waals surface area (Å²) in [5, 5.41) is 15.5. The van der Waals surface area contributed by atoms with E-state index in [1.165, 1.54) is 0 Å². The van der Waals surface area contributed by atoms with E-state index in [0.717, 1.165) is 74.5 Å². The second-order valence-corrected chi connectivity index (χ2v) is 8.66. The fraction of sp³-hybridized carbons (Fsp3) is 0.619. The average molecular weight is 559 g/mol. The highest BCUT2D eigenvalue weighted by Crippen LogP contribution is 2.13. The smallest absolute Gasteiger partial charge is 0.191 e. The molecule has 0 aromatic carbocycles. The lowest BCUT2D eigenvalue weighted by molar-refractivity contribution is 0.196. The third-order valence-corrected chi connectivity index (χ3v) is 6.12. The second kappa shape index (κ2) is 13.9. The van der Waals surface area contributed by atoms with Crippen molar-refractivity contribution in [1.82, 2.24) is 35.3 Å². The maximum atomic E-state index is 4.79. The second-order valence-electron chi connectivity index (χ2n) is 7.68. The van der Waals surface area contributed by atoms with Crippen molar-refractivity contribution in [3.63, 3.8) is 0 Å². The van der Waals surface area contributed by atoms with E-state index >= 15 is 0 Å². The van der Waals surface area contributed by atoms with Crippen LogP contribution in [-0.2, 0) is 20.1 Å². The van der Waals surface area contributed by atoms with Gasteiger partial charge in [-0.25, -0.2) is 4.99 Å². The van der Waals surface area contributed by atoms with Crippen LogP contribution in [0.15, 0.2) is 29.4 Å². The molecule has 0 atom stereocenters. The molecule has 1 saturated heterocycles. The first kappa shape index (κ1) is 25.9. The Hall–Kier alpha value is -1.40. The topological polar surface area (TPSA) is 83.3 Å². The van der Waals surface area contributed by atoms with Crippen LogP contribution in [0.25, 0.3) is 0 Å². The molecule has 0 radical (unpaired) electrons. The molecule has 0 saturated carbocycles. The Kier molecular flexibility index (Phi) is 11.6. The van der Waals surface area contributed by atoms with Crippen molar-refractivity contribution in [2.24, 2.45) is 12.0 Å². The predicted octanol–water partition coefficient (Wildman–Crippen LogP) is 2.59. The van der Waals surface area contributed by atoms with Gasteiger partial charge in [-0.3, -0.25) is 9.88 Å². The van der Waals surface area contributed by atoms with Crippen LogP contribution in [-0.4, -0.2) is 68.3 Å². The number of pyridine rings is 1. The van der Waals surface area contributed by atoms with E-state index in [4.69, 9.17) is 4.99 Å². The molecule has 172 valence electrons. The molecule has 1 aliphatic heterocycles. The molecule has 2 aromatic rings. The Morgan fingerprint density at radius 3 is 2.71 bits per heavy atom. The number of likely N-dealkylation sites (tertiary alicyclic amines) is 1. The van der Waals surface area contributed by atoms with Gasteiger partial charge in [0.1, 0.15) is 12.4 Å². The fourth-order valence-corrected chi connectivity index (χ4v) is 3.90. The average Bonchev–Trinajstić information content (AvgIpc) is 3.09. The van der Waals surface area contributed by atoms with Crippen LogP contribution in [0.1, 0.15) is 36.6 Å². The van der Waals surface area contributed by atoms with Crippen LogP contribution in [0.4, 0.5) is 0 Å². The number of piperidine rings is 1. The lowest BCUT2D eigenvalue weighted by Gasteiger charge is -2.33. The summed E-state index contributed by atoms with van der Waals surface area (Å²) in [6.45, 7) is 6.45. The maximum Gasteiger partial charge on any atom is 0.191 e. The Morgan fingerprint density at radius 1 is 1.26 bits per heavy atom. The summed E-state index contributed by atoms with van der Waals surface area (Å²) >= 11 is 1.87. The standard InChI is InChI=1S/C21H34N8S.HI/c1-17-26-27-20(28(17)2)15-24-21(23-11-6-14-30-3)25-18-8-12-29(13-9-18)16-19-7-4-5-10-22-19;/h4-5,7,10,18H,6,8-9,11-16H2,1-3H3,(H2,23,24,25);1H. The Morgan fingerprint density at radius 2 is 2.06 bits per heavy atom. The highest BCUT2D eigenvalue weighted by atomic mass is 127. The number of nitrogens with zero attached hydrogens (tertiary/aromatic N) is 6. The van der Waals surface area contributed by atoms with E-state index in [1.807, 2.05) is 42.6 Å². The van der Waals surface area contributed by atoms with E-state index in [0.29, 0.717) is 12.6 Å². The van der Waals surface area contributed by atoms with Crippen LogP contribution < -0.4 is 10.6 Å². The van der Waals surface area contributed by atoms with Gasteiger partial charge in [0.25, 0.3) is 0 Å². The first-order valence-electron chi connectivity index (χ1n) is 10.7. The number of aromatic nitrogens is 4. The van der Waals surface area contributed by atoms with Crippen molar-refractivity contribution in [3.8, 4) is 0 Å². The van der Waals surface area contributed by atoms with Crippen LogP contribution >= 0.6 is 35.7 Å². The van der Waals surface area contributed by atoms with Gasteiger partial charge in [0.2, 0.25) is 0 Å². The van der Waals surface area contributed by atoms with E-state index < -0.39 is 0 Å². The number of rotatable bonds is 9. The van der Waals surface area contributed by atoms with Gasteiger partial charge >= 0.3 is 0 Å². The van der Waals surface area contributed by atoms with Crippen LogP contribution in [0.2, 0.25) is 0 Å². The first-order chi connectivity index (χ1) is 14.7. The molecule has 10 heteroatoms. The van der Waals surface area contributed by atoms with E-state index in [1.54, 1.807) is 0 Å². The van der Waals surface area contributed by atoms with Crippen molar-refractivity contribution in [1.29, 1.82) is 0 Å².